The topological polar surface area (TPSA) is 48.9 Å². The molecule has 0 bridgehead atoms. The minimum absolute atomic E-state index is 0. The Balaban J connectivity index is 0.00000312. The lowest BCUT2D eigenvalue weighted by atomic mass is 10.1. The van der Waals surface area contributed by atoms with E-state index in [0.717, 1.165) is 31.3 Å². The lowest BCUT2D eigenvalue weighted by molar-refractivity contribution is 0.232. The van der Waals surface area contributed by atoms with Gasteiger partial charge in [0.15, 0.2) is 5.96 Å². The second kappa shape index (κ2) is 12.4. The van der Waals surface area contributed by atoms with E-state index in [4.69, 9.17) is 9.73 Å². The summed E-state index contributed by atoms with van der Waals surface area (Å²) in [6.07, 6.45) is 4.06. The van der Waals surface area contributed by atoms with Crippen LogP contribution in [0.1, 0.15) is 37.3 Å². The summed E-state index contributed by atoms with van der Waals surface area (Å²) >= 11 is 0. The van der Waals surface area contributed by atoms with E-state index in [9.17, 15) is 0 Å². The van der Waals surface area contributed by atoms with Crippen molar-refractivity contribution in [2.24, 2.45) is 4.99 Å². The monoisotopic (exact) mass is 460 g/mol. The van der Waals surface area contributed by atoms with E-state index in [1.165, 1.54) is 43.5 Å². The van der Waals surface area contributed by atoms with Gasteiger partial charge in [-0.25, -0.2) is 4.99 Å². The molecule has 1 aliphatic rings. The van der Waals surface area contributed by atoms with Crippen LogP contribution in [0.3, 0.4) is 0 Å². The van der Waals surface area contributed by atoms with Gasteiger partial charge < -0.3 is 20.3 Å². The van der Waals surface area contributed by atoms with Crippen LogP contribution < -0.4 is 15.4 Å². The van der Waals surface area contributed by atoms with Crippen molar-refractivity contribution in [1.82, 2.24) is 15.5 Å². The molecule has 0 unspecified atom stereocenters. The van der Waals surface area contributed by atoms with Crippen LogP contribution in [-0.4, -0.2) is 50.7 Å². The summed E-state index contributed by atoms with van der Waals surface area (Å²) in [6, 6.07) is 6.24. The summed E-state index contributed by atoms with van der Waals surface area (Å²) in [5.74, 6) is 1.78. The van der Waals surface area contributed by atoms with Crippen LogP contribution in [0.5, 0.6) is 5.75 Å². The Hall–Kier alpha value is -1.02. The first-order valence-corrected chi connectivity index (χ1v) is 9.10. The molecule has 6 heteroatoms. The number of aryl methyl sites for hydroxylation is 1. The smallest absolute Gasteiger partial charge is 0.191 e. The molecular weight excluding hydrogens is 427 g/mol. The zero-order valence-corrected chi connectivity index (χ0v) is 18.1. The number of halogens is 1. The summed E-state index contributed by atoms with van der Waals surface area (Å²) in [5, 5.41) is 6.77. The predicted molar refractivity (Wildman–Crippen MR) is 116 cm³/mol. The highest BCUT2D eigenvalue weighted by atomic mass is 127. The number of aliphatic imine (C=N–C) groups is 1. The van der Waals surface area contributed by atoms with Crippen molar-refractivity contribution in [2.45, 2.75) is 39.7 Å². The highest BCUT2D eigenvalue weighted by Gasteiger charge is 2.09. The van der Waals surface area contributed by atoms with Crippen molar-refractivity contribution in [3.63, 3.8) is 0 Å². The van der Waals surface area contributed by atoms with E-state index in [0.29, 0.717) is 6.54 Å². The van der Waals surface area contributed by atoms with Gasteiger partial charge in [-0.1, -0.05) is 12.5 Å². The molecule has 0 radical (unpaired) electrons. The van der Waals surface area contributed by atoms with E-state index >= 15 is 0 Å². The van der Waals surface area contributed by atoms with E-state index in [1.54, 1.807) is 7.11 Å². The molecule has 0 spiro atoms. The maximum atomic E-state index is 5.34. The molecule has 0 amide bonds. The van der Waals surface area contributed by atoms with Gasteiger partial charge >= 0.3 is 0 Å². The van der Waals surface area contributed by atoms with Crippen LogP contribution in [0.25, 0.3) is 0 Å². The molecule has 25 heavy (non-hydrogen) atoms. The zero-order chi connectivity index (χ0) is 17.2. The SMILES string of the molecule is CCNC(=NCc1cc(C)cc(OC)c1)NCCN1CCCCC1.I. The van der Waals surface area contributed by atoms with Crippen molar-refractivity contribution >= 4 is 29.9 Å². The largest absolute Gasteiger partial charge is 0.497 e. The van der Waals surface area contributed by atoms with Crippen LogP contribution in [0.4, 0.5) is 0 Å². The van der Waals surface area contributed by atoms with Crippen molar-refractivity contribution in [2.75, 3.05) is 39.8 Å². The lowest BCUT2D eigenvalue weighted by Gasteiger charge is -2.26. The van der Waals surface area contributed by atoms with Crippen LogP contribution in [0.15, 0.2) is 23.2 Å². The van der Waals surface area contributed by atoms with Gasteiger partial charge in [0.2, 0.25) is 0 Å². The molecule has 5 nitrogen and oxygen atoms in total. The molecule has 2 N–H and O–H groups in total. The van der Waals surface area contributed by atoms with Gasteiger partial charge in [-0.3, -0.25) is 0 Å². The van der Waals surface area contributed by atoms with Gasteiger partial charge in [0.1, 0.15) is 5.75 Å². The van der Waals surface area contributed by atoms with Gasteiger partial charge in [0, 0.05) is 19.6 Å². The normalized spacial score (nSPS) is 15.4. The number of nitrogens with zero attached hydrogens (tertiary/aromatic N) is 2. The first-order chi connectivity index (χ1) is 11.7. The Bertz CT molecular complexity index is 530. The molecule has 142 valence electrons. The summed E-state index contributed by atoms with van der Waals surface area (Å²) in [7, 11) is 1.70. The third-order valence-corrected chi connectivity index (χ3v) is 4.28. The van der Waals surface area contributed by atoms with E-state index < -0.39 is 0 Å². The molecule has 0 saturated carbocycles. The predicted octanol–water partition coefficient (Wildman–Crippen LogP) is 3.16. The number of hydrogen-bond donors (Lipinski definition) is 2. The molecule has 0 atom stereocenters. The van der Waals surface area contributed by atoms with Crippen molar-refractivity contribution < 1.29 is 4.74 Å². The van der Waals surface area contributed by atoms with Crippen LogP contribution in [0.2, 0.25) is 0 Å². The molecule has 1 aromatic rings. The fourth-order valence-corrected chi connectivity index (χ4v) is 3.06. The van der Waals surface area contributed by atoms with E-state index in [-0.39, 0.29) is 24.0 Å². The second-order valence-corrected chi connectivity index (χ2v) is 6.38. The average molecular weight is 460 g/mol. The van der Waals surface area contributed by atoms with Gasteiger partial charge in [-0.2, -0.15) is 0 Å². The molecule has 1 aromatic carbocycles. The average Bonchev–Trinajstić information content (AvgIpc) is 2.60. The number of hydrogen-bond acceptors (Lipinski definition) is 3. The quantitative estimate of drug-likeness (QED) is 0.373. The first kappa shape index (κ1) is 22.0. The lowest BCUT2D eigenvalue weighted by Crippen LogP contribution is -2.42. The Morgan fingerprint density at radius 2 is 1.92 bits per heavy atom. The maximum absolute atomic E-state index is 5.34. The zero-order valence-electron chi connectivity index (χ0n) is 15.8. The Kier molecular flexibility index (Phi) is 10.9. The molecule has 1 aliphatic heterocycles. The van der Waals surface area contributed by atoms with E-state index in [2.05, 4.69) is 35.4 Å². The Morgan fingerprint density at radius 1 is 1.16 bits per heavy atom. The standard InChI is InChI=1S/C19H32N4O.HI/c1-4-20-19(21-8-11-23-9-6-5-7-10-23)22-15-17-12-16(2)13-18(14-17)24-3;/h12-14H,4-11,15H2,1-3H3,(H2,20,21,22);1H. The number of methoxy groups -OCH3 is 1. The van der Waals surface area contributed by atoms with E-state index in [1.807, 2.05) is 12.1 Å². The number of benzene rings is 1. The summed E-state index contributed by atoms with van der Waals surface area (Å²) in [4.78, 5) is 7.24. The number of piperidine rings is 1. The fourth-order valence-electron chi connectivity index (χ4n) is 3.06. The van der Waals surface area contributed by atoms with Crippen LogP contribution >= 0.6 is 24.0 Å². The molecule has 1 saturated heterocycles. The number of likely N-dealkylation sites (tertiary alicyclic amines) is 1. The van der Waals surface area contributed by atoms with Gasteiger partial charge in [0.25, 0.3) is 0 Å². The fraction of sp³-hybridized carbons (Fsp3) is 0.632. The van der Waals surface area contributed by atoms with Crippen molar-refractivity contribution in [3.8, 4) is 5.75 Å². The number of guanidine groups is 1. The highest BCUT2D eigenvalue weighted by Crippen LogP contribution is 2.17. The van der Waals surface area contributed by atoms with Crippen LogP contribution in [0, 0.1) is 6.92 Å². The minimum atomic E-state index is 0. The molecule has 0 aliphatic carbocycles. The number of rotatable bonds is 7. The molecule has 0 aromatic heterocycles. The van der Waals surface area contributed by atoms with Crippen LogP contribution in [-0.2, 0) is 6.54 Å². The number of ether oxygens (including phenoxy) is 1. The molecule has 2 rings (SSSR count). The van der Waals surface area contributed by atoms with Gasteiger partial charge in [-0.15, -0.1) is 24.0 Å². The summed E-state index contributed by atoms with van der Waals surface area (Å²) < 4.78 is 5.34. The first-order valence-electron chi connectivity index (χ1n) is 9.10. The Morgan fingerprint density at radius 3 is 2.60 bits per heavy atom. The molecule has 1 fully saturated rings. The minimum Gasteiger partial charge on any atom is -0.497 e. The summed E-state index contributed by atoms with van der Waals surface area (Å²) in [6.45, 7) is 10.2. The molecule has 1 heterocycles. The van der Waals surface area contributed by atoms with Crippen molar-refractivity contribution in [1.29, 1.82) is 0 Å². The Labute approximate surface area is 169 Å². The van der Waals surface area contributed by atoms with Gasteiger partial charge in [-0.05, 0) is 63.0 Å². The summed E-state index contributed by atoms with van der Waals surface area (Å²) in [5.41, 5.74) is 2.36. The van der Waals surface area contributed by atoms with Crippen molar-refractivity contribution in [3.05, 3.63) is 29.3 Å². The second-order valence-electron chi connectivity index (χ2n) is 6.38. The third-order valence-electron chi connectivity index (χ3n) is 4.28. The number of nitrogens with one attached hydrogen (secondary N) is 2. The maximum Gasteiger partial charge on any atom is 0.191 e. The highest BCUT2D eigenvalue weighted by molar-refractivity contribution is 14.0. The van der Waals surface area contributed by atoms with Gasteiger partial charge in [0.05, 0.1) is 13.7 Å². The molecular formula is C19H33IN4O. The third kappa shape index (κ3) is 8.27.